The second-order valence-corrected chi connectivity index (χ2v) is 7.09. The quantitative estimate of drug-likeness (QED) is 0.809. The maximum absolute atomic E-state index is 12.4. The molecule has 1 aromatic carbocycles. The maximum Gasteiger partial charge on any atom is 0.233 e. The largest absolute Gasteiger partial charge is 0.342 e. The van der Waals surface area contributed by atoms with Gasteiger partial charge in [0.05, 0.1) is 11.4 Å². The molecule has 23 heavy (non-hydrogen) atoms. The molecule has 0 N–H and O–H groups in total. The lowest BCUT2D eigenvalue weighted by molar-refractivity contribution is -0.130. The summed E-state index contributed by atoms with van der Waals surface area (Å²) >= 11 is 1.46. The number of likely N-dealkylation sites (tertiary alicyclic amines) is 1. The number of benzene rings is 1. The molecule has 0 unspecified atom stereocenters. The first-order chi connectivity index (χ1) is 11.1. The molecule has 1 saturated heterocycles. The summed E-state index contributed by atoms with van der Waals surface area (Å²) in [6.07, 6.45) is 4.04. The van der Waals surface area contributed by atoms with E-state index in [0.717, 1.165) is 35.9 Å². The summed E-state index contributed by atoms with van der Waals surface area (Å²) in [5.41, 5.74) is 2.21. The third kappa shape index (κ3) is 3.75. The Bertz CT molecular complexity index is 685. The molecule has 1 amide bonds. The number of thioether (sulfide) groups is 1. The highest BCUT2D eigenvalue weighted by Crippen LogP contribution is 2.23. The van der Waals surface area contributed by atoms with E-state index < -0.39 is 0 Å². The molecule has 1 aliphatic heterocycles. The van der Waals surface area contributed by atoms with Crippen LogP contribution in [0.1, 0.15) is 25.3 Å². The van der Waals surface area contributed by atoms with Crippen molar-refractivity contribution < 1.29 is 4.79 Å². The van der Waals surface area contributed by atoms with Gasteiger partial charge in [-0.25, -0.2) is 0 Å². The zero-order valence-corrected chi connectivity index (χ0v) is 14.4. The van der Waals surface area contributed by atoms with Gasteiger partial charge in [0.1, 0.15) is 6.33 Å². The van der Waals surface area contributed by atoms with Gasteiger partial charge in [-0.15, -0.1) is 10.2 Å². The standard InChI is InChI=1S/C17H22N4OS/c1-13-6-5-9-20(10-13)16(22)11-23-17-19-18-12-21(17)15-8-4-3-7-14(15)2/h3-4,7-8,12-13H,5-6,9-11H2,1-2H3/t13-/m1/s1. The Labute approximate surface area is 141 Å². The van der Waals surface area contributed by atoms with Crippen molar-refractivity contribution in [1.29, 1.82) is 0 Å². The molecular formula is C17H22N4OS. The summed E-state index contributed by atoms with van der Waals surface area (Å²) < 4.78 is 1.95. The van der Waals surface area contributed by atoms with E-state index in [1.165, 1.54) is 18.2 Å². The molecule has 0 bridgehead atoms. The lowest BCUT2D eigenvalue weighted by Gasteiger charge is -2.30. The predicted octanol–water partition coefficient (Wildman–Crippen LogP) is 2.93. The minimum Gasteiger partial charge on any atom is -0.342 e. The fourth-order valence-electron chi connectivity index (χ4n) is 2.96. The number of para-hydroxylation sites is 1. The van der Waals surface area contributed by atoms with Crippen LogP contribution in [0.15, 0.2) is 35.7 Å². The first-order valence-corrected chi connectivity index (χ1v) is 9.00. The van der Waals surface area contributed by atoms with Gasteiger partial charge in [-0.05, 0) is 37.3 Å². The number of carbonyl (C=O) groups excluding carboxylic acids is 1. The number of aromatic nitrogens is 3. The van der Waals surface area contributed by atoms with Crippen molar-refractivity contribution in [2.24, 2.45) is 5.92 Å². The summed E-state index contributed by atoms with van der Waals surface area (Å²) in [4.78, 5) is 14.4. The molecule has 6 heteroatoms. The maximum atomic E-state index is 12.4. The molecule has 2 aromatic rings. The highest BCUT2D eigenvalue weighted by molar-refractivity contribution is 7.99. The van der Waals surface area contributed by atoms with Crippen LogP contribution in [-0.4, -0.2) is 44.4 Å². The zero-order valence-electron chi connectivity index (χ0n) is 13.6. The number of piperidine rings is 1. The molecule has 0 aliphatic carbocycles. The second kappa shape index (κ2) is 7.17. The van der Waals surface area contributed by atoms with Gasteiger partial charge in [0.25, 0.3) is 0 Å². The number of amides is 1. The number of carbonyl (C=O) groups is 1. The second-order valence-electron chi connectivity index (χ2n) is 6.15. The smallest absolute Gasteiger partial charge is 0.233 e. The molecule has 0 saturated carbocycles. The Morgan fingerprint density at radius 1 is 1.39 bits per heavy atom. The number of nitrogens with zero attached hydrogens (tertiary/aromatic N) is 4. The van der Waals surface area contributed by atoms with E-state index in [4.69, 9.17) is 0 Å². The predicted molar refractivity (Wildman–Crippen MR) is 91.8 cm³/mol. The highest BCUT2D eigenvalue weighted by Gasteiger charge is 2.21. The zero-order chi connectivity index (χ0) is 16.2. The summed E-state index contributed by atoms with van der Waals surface area (Å²) in [6.45, 7) is 6.03. The molecule has 122 valence electrons. The molecule has 0 spiro atoms. The minimum atomic E-state index is 0.195. The summed E-state index contributed by atoms with van der Waals surface area (Å²) in [5, 5.41) is 8.94. The van der Waals surface area contributed by atoms with Gasteiger partial charge in [-0.2, -0.15) is 0 Å². The topological polar surface area (TPSA) is 51.0 Å². The van der Waals surface area contributed by atoms with E-state index in [1.54, 1.807) is 6.33 Å². The first-order valence-electron chi connectivity index (χ1n) is 8.01. The summed E-state index contributed by atoms with van der Waals surface area (Å²) in [5.74, 6) is 1.21. The SMILES string of the molecule is Cc1ccccc1-n1cnnc1SCC(=O)N1CCC[C@@H](C)C1. The Balaban J connectivity index is 1.67. The van der Waals surface area contributed by atoms with Gasteiger partial charge in [-0.1, -0.05) is 36.9 Å². The third-order valence-corrected chi connectivity index (χ3v) is 5.15. The fourth-order valence-corrected chi connectivity index (χ4v) is 3.78. The average molecular weight is 330 g/mol. The lowest BCUT2D eigenvalue weighted by Crippen LogP contribution is -2.40. The fraction of sp³-hybridized carbons (Fsp3) is 0.471. The summed E-state index contributed by atoms with van der Waals surface area (Å²) in [6, 6.07) is 8.11. The van der Waals surface area contributed by atoms with E-state index in [0.29, 0.717) is 11.7 Å². The van der Waals surface area contributed by atoms with Crippen LogP contribution < -0.4 is 0 Å². The van der Waals surface area contributed by atoms with Crippen molar-refractivity contribution in [3.05, 3.63) is 36.2 Å². The molecule has 2 heterocycles. The lowest BCUT2D eigenvalue weighted by atomic mass is 10.0. The van der Waals surface area contributed by atoms with Crippen LogP contribution in [0.25, 0.3) is 5.69 Å². The van der Waals surface area contributed by atoms with E-state index in [1.807, 2.05) is 27.7 Å². The molecular weight excluding hydrogens is 308 g/mol. The Morgan fingerprint density at radius 3 is 3.00 bits per heavy atom. The monoisotopic (exact) mass is 330 g/mol. The number of hydrogen-bond donors (Lipinski definition) is 0. The number of hydrogen-bond acceptors (Lipinski definition) is 4. The van der Waals surface area contributed by atoms with Crippen molar-refractivity contribution in [2.45, 2.75) is 31.8 Å². The van der Waals surface area contributed by atoms with Crippen molar-refractivity contribution >= 4 is 17.7 Å². The van der Waals surface area contributed by atoms with E-state index in [2.05, 4.69) is 30.1 Å². The highest BCUT2D eigenvalue weighted by atomic mass is 32.2. The van der Waals surface area contributed by atoms with Crippen LogP contribution in [0, 0.1) is 12.8 Å². The van der Waals surface area contributed by atoms with Crippen LogP contribution >= 0.6 is 11.8 Å². The molecule has 0 radical (unpaired) electrons. The van der Waals surface area contributed by atoms with E-state index >= 15 is 0 Å². The van der Waals surface area contributed by atoms with E-state index in [9.17, 15) is 4.79 Å². The Hall–Kier alpha value is -1.82. The molecule has 3 rings (SSSR count). The minimum absolute atomic E-state index is 0.195. The van der Waals surface area contributed by atoms with Gasteiger partial charge in [0.2, 0.25) is 5.91 Å². The molecule has 1 fully saturated rings. The average Bonchev–Trinajstić information content (AvgIpc) is 3.01. The van der Waals surface area contributed by atoms with Crippen LogP contribution in [0.4, 0.5) is 0 Å². The van der Waals surface area contributed by atoms with Crippen molar-refractivity contribution in [3.8, 4) is 5.69 Å². The van der Waals surface area contributed by atoms with Crippen molar-refractivity contribution in [3.63, 3.8) is 0 Å². The molecule has 1 atom stereocenters. The molecule has 1 aromatic heterocycles. The Morgan fingerprint density at radius 2 is 2.22 bits per heavy atom. The number of rotatable bonds is 4. The Kier molecular flexibility index (Phi) is 5.00. The van der Waals surface area contributed by atoms with Gasteiger partial charge in [-0.3, -0.25) is 9.36 Å². The normalized spacial score (nSPS) is 18.2. The van der Waals surface area contributed by atoms with Gasteiger partial charge < -0.3 is 4.90 Å². The third-order valence-electron chi connectivity index (χ3n) is 4.23. The molecule has 5 nitrogen and oxygen atoms in total. The van der Waals surface area contributed by atoms with Gasteiger partial charge >= 0.3 is 0 Å². The first kappa shape index (κ1) is 16.1. The number of aryl methyl sites for hydroxylation is 1. The van der Waals surface area contributed by atoms with Crippen LogP contribution in [0.2, 0.25) is 0 Å². The van der Waals surface area contributed by atoms with Crippen LogP contribution in [-0.2, 0) is 4.79 Å². The molecule has 1 aliphatic rings. The van der Waals surface area contributed by atoms with Crippen molar-refractivity contribution in [1.82, 2.24) is 19.7 Å². The van der Waals surface area contributed by atoms with Crippen molar-refractivity contribution in [2.75, 3.05) is 18.8 Å². The van der Waals surface area contributed by atoms with Gasteiger partial charge in [0.15, 0.2) is 5.16 Å². The van der Waals surface area contributed by atoms with Gasteiger partial charge in [0, 0.05) is 13.1 Å². The van der Waals surface area contributed by atoms with E-state index in [-0.39, 0.29) is 5.91 Å². The van der Waals surface area contributed by atoms with Crippen LogP contribution in [0.3, 0.4) is 0 Å². The van der Waals surface area contributed by atoms with Crippen LogP contribution in [0.5, 0.6) is 0 Å². The summed E-state index contributed by atoms with van der Waals surface area (Å²) in [7, 11) is 0.